The van der Waals surface area contributed by atoms with Gasteiger partial charge >= 0.3 is 5.97 Å². The predicted octanol–water partition coefficient (Wildman–Crippen LogP) is 1.70. The first-order valence-electron chi connectivity index (χ1n) is 7.83. The van der Waals surface area contributed by atoms with E-state index in [1.165, 1.54) is 25.7 Å². The minimum Gasteiger partial charge on any atom is -0.481 e. The van der Waals surface area contributed by atoms with E-state index in [1.807, 2.05) is 0 Å². The summed E-state index contributed by atoms with van der Waals surface area (Å²) in [5.41, 5.74) is 0. The van der Waals surface area contributed by atoms with E-state index in [1.54, 1.807) is 0 Å². The number of aliphatic carboxylic acids is 1. The van der Waals surface area contributed by atoms with Gasteiger partial charge in [-0.25, -0.2) is 0 Å². The number of hydrogen-bond acceptors (Lipinski definition) is 3. The van der Waals surface area contributed by atoms with Crippen LogP contribution in [0.1, 0.15) is 45.4 Å². The fourth-order valence-corrected chi connectivity index (χ4v) is 3.80. The lowest BCUT2D eigenvalue weighted by Crippen LogP contribution is -2.57. The minimum atomic E-state index is -0.640. The number of carboxylic acid groups (broad SMARTS) is 1. The van der Waals surface area contributed by atoms with Crippen LogP contribution in [0.2, 0.25) is 0 Å². The van der Waals surface area contributed by atoms with E-state index >= 15 is 0 Å². The van der Waals surface area contributed by atoms with Crippen molar-refractivity contribution in [3.05, 3.63) is 0 Å². The fourth-order valence-electron chi connectivity index (χ4n) is 3.80. The lowest BCUT2D eigenvalue weighted by atomic mass is 9.78. The number of carbonyl (C=O) groups is 1. The zero-order chi connectivity index (χ0) is 13.4. The number of nitrogens with one attached hydrogen (secondary N) is 1. The van der Waals surface area contributed by atoms with Crippen molar-refractivity contribution >= 4 is 5.97 Å². The second-order valence-electron chi connectivity index (χ2n) is 6.91. The number of likely N-dealkylation sites (tertiary alicyclic amines) is 1. The second kappa shape index (κ2) is 5.41. The molecule has 0 radical (unpaired) electrons. The number of carboxylic acids is 1. The average Bonchev–Trinajstić information content (AvgIpc) is 3.09. The molecule has 0 aromatic heterocycles. The Balaban J connectivity index is 1.60. The van der Waals surface area contributed by atoms with Crippen LogP contribution in [-0.4, -0.2) is 47.2 Å². The smallest absolute Gasteiger partial charge is 0.303 e. The molecule has 3 aliphatic rings. The van der Waals surface area contributed by atoms with Crippen molar-refractivity contribution < 1.29 is 9.90 Å². The Kier molecular flexibility index (Phi) is 3.81. The van der Waals surface area contributed by atoms with Crippen LogP contribution in [0, 0.1) is 11.8 Å². The Morgan fingerprint density at radius 2 is 2.00 bits per heavy atom. The molecular weight excluding hydrogens is 240 g/mol. The molecule has 1 aliphatic heterocycles. The molecule has 2 saturated carbocycles. The molecule has 3 fully saturated rings. The van der Waals surface area contributed by atoms with Gasteiger partial charge in [-0.1, -0.05) is 6.92 Å². The van der Waals surface area contributed by atoms with E-state index in [-0.39, 0.29) is 0 Å². The molecule has 108 valence electrons. The van der Waals surface area contributed by atoms with Gasteiger partial charge < -0.3 is 10.4 Å². The Hall–Kier alpha value is -0.610. The first-order valence-corrected chi connectivity index (χ1v) is 7.83. The predicted molar refractivity (Wildman–Crippen MR) is 74.1 cm³/mol. The van der Waals surface area contributed by atoms with E-state index < -0.39 is 5.97 Å². The number of piperidine rings is 1. The largest absolute Gasteiger partial charge is 0.481 e. The van der Waals surface area contributed by atoms with Gasteiger partial charge in [0.05, 0.1) is 0 Å². The molecule has 0 aromatic rings. The maximum atomic E-state index is 11.0. The highest BCUT2D eigenvalue weighted by Crippen LogP contribution is 2.35. The van der Waals surface area contributed by atoms with Crippen LogP contribution in [0.25, 0.3) is 0 Å². The molecule has 1 saturated heterocycles. The van der Waals surface area contributed by atoms with Crippen LogP contribution in [0.5, 0.6) is 0 Å². The van der Waals surface area contributed by atoms with Gasteiger partial charge in [0.15, 0.2) is 0 Å². The highest BCUT2D eigenvalue weighted by atomic mass is 16.4. The third-order valence-corrected chi connectivity index (χ3v) is 5.12. The van der Waals surface area contributed by atoms with Crippen LogP contribution in [0.15, 0.2) is 0 Å². The lowest BCUT2D eigenvalue weighted by Gasteiger charge is -2.48. The quantitative estimate of drug-likeness (QED) is 0.795. The molecule has 0 bridgehead atoms. The lowest BCUT2D eigenvalue weighted by molar-refractivity contribution is -0.138. The fraction of sp³-hybridized carbons (Fsp3) is 0.933. The SMILES string of the molecule is CC1CCC1N1CC(CC(=O)O)CC(NC2CC2)C1. The Morgan fingerprint density at radius 1 is 1.21 bits per heavy atom. The van der Waals surface area contributed by atoms with Crippen molar-refractivity contribution in [1.29, 1.82) is 0 Å². The summed E-state index contributed by atoms with van der Waals surface area (Å²) in [4.78, 5) is 13.6. The van der Waals surface area contributed by atoms with Crippen LogP contribution >= 0.6 is 0 Å². The van der Waals surface area contributed by atoms with Gasteiger partial charge in [0, 0.05) is 37.6 Å². The standard InChI is InChI=1S/C15H26N2O2/c1-10-2-5-14(10)17-8-11(7-15(18)19)6-13(9-17)16-12-3-4-12/h10-14,16H,2-9H2,1H3,(H,18,19). The zero-order valence-corrected chi connectivity index (χ0v) is 11.8. The maximum Gasteiger partial charge on any atom is 0.303 e. The van der Waals surface area contributed by atoms with Crippen LogP contribution in [0.4, 0.5) is 0 Å². The van der Waals surface area contributed by atoms with Gasteiger partial charge in [0.25, 0.3) is 0 Å². The van der Waals surface area contributed by atoms with E-state index in [9.17, 15) is 4.79 Å². The molecule has 1 heterocycles. The van der Waals surface area contributed by atoms with Crippen molar-refractivity contribution in [2.75, 3.05) is 13.1 Å². The number of hydrogen-bond donors (Lipinski definition) is 2. The summed E-state index contributed by atoms with van der Waals surface area (Å²) in [6.07, 6.45) is 6.63. The Labute approximate surface area is 115 Å². The van der Waals surface area contributed by atoms with Gasteiger partial charge in [0.1, 0.15) is 0 Å². The molecule has 4 heteroatoms. The first kappa shape index (κ1) is 13.4. The van der Waals surface area contributed by atoms with Crippen LogP contribution < -0.4 is 5.32 Å². The van der Waals surface area contributed by atoms with Gasteiger partial charge in [-0.3, -0.25) is 9.69 Å². The van der Waals surface area contributed by atoms with Gasteiger partial charge in [0.2, 0.25) is 0 Å². The van der Waals surface area contributed by atoms with Crippen molar-refractivity contribution in [3.63, 3.8) is 0 Å². The molecule has 0 amide bonds. The number of rotatable bonds is 5. The zero-order valence-electron chi connectivity index (χ0n) is 11.8. The topological polar surface area (TPSA) is 52.6 Å². The summed E-state index contributed by atoms with van der Waals surface area (Å²) in [6, 6.07) is 1.94. The van der Waals surface area contributed by atoms with Crippen molar-refractivity contribution in [2.45, 2.75) is 63.6 Å². The molecule has 0 spiro atoms. The van der Waals surface area contributed by atoms with Gasteiger partial charge in [-0.05, 0) is 43.9 Å². The first-order chi connectivity index (χ1) is 9.11. The minimum absolute atomic E-state index is 0.329. The summed E-state index contributed by atoms with van der Waals surface area (Å²) in [7, 11) is 0. The molecule has 4 atom stereocenters. The molecule has 4 unspecified atom stereocenters. The normalized spacial score (nSPS) is 39.8. The van der Waals surface area contributed by atoms with Crippen LogP contribution in [-0.2, 0) is 4.79 Å². The second-order valence-corrected chi connectivity index (χ2v) is 6.91. The highest BCUT2D eigenvalue weighted by Gasteiger charge is 2.39. The molecular formula is C15H26N2O2. The van der Waals surface area contributed by atoms with E-state index in [0.717, 1.165) is 25.4 Å². The highest BCUT2D eigenvalue weighted by molar-refractivity contribution is 5.67. The molecule has 3 rings (SSSR count). The molecule has 2 N–H and O–H groups in total. The Morgan fingerprint density at radius 3 is 2.53 bits per heavy atom. The third kappa shape index (κ3) is 3.29. The summed E-state index contributed by atoms with van der Waals surface area (Å²) >= 11 is 0. The summed E-state index contributed by atoms with van der Waals surface area (Å²) in [5.74, 6) is 0.485. The average molecular weight is 266 g/mol. The summed E-state index contributed by atoms with van der Waals surface area (Å²) in [5, 5.41) is 12.8. The van der Waals surface area contributed by atoms with Gasteiger partial charge in [-0.2, -0.15) is 0 Å². The monoisotopic (exact) mass is 266 g/mol. The van der Waals surface area contributed by atoms with E-state index in [0.29, 0.717) is 30.5 Å². The van der Waals surface area contributed by atoms with Crippen molar-refractivity contribution in [1.82, 2.24) is 10.2 Å². The third-order valence-electron chi connectivity index (χ3n) is 5.12. The molecule has 4 nitrogen and oxygen atoms in total. The molecule has 2 aliphatic carbocycles. The van der Waals surface area contributed by atoms with Crippen molar-refractivity contribution in [3.8, 4) is 0 Å². The van der Waals surface area contributed by atoms with E-state index in [2.05, 4.69) is 17.1 Å². The molecule has 19 heavy (non-hydrogen) atoms. The van der Waals surface area contributed by atoms with Gasteiger partial charge in [-0.15, -0.1) is 0 Å². The molecule has 0 aromatic carbocycles. The van der Waals surface area contributed by atoms with Crippen LogP contribution in [0.3, 0.4) is 0 Å². The summed E-state index contributed by atoms with van der Waals surface area (Å²) < 4.78 is 0. The number of nitrogens with zero attached hydrogens (tertiary/aromatic N) is 1. The Bertz CT molecular complexity index is 343. The van der Waals surface area contributed by atoms with E-state index in [4.69, 9.17) is 5.11 Å². The maximum absolute atomic E-state index is 11.0. The summed E-state index contributed by atoms with van der Waals surface area (Å²) in [6.45, 7) is 4.45. The van der Waals surface area contributed by atoms with Crippen molar-refractivity contribution in [2.24, 2.45) is 11.8 Å².